The fourth-order valence-corrected chi connectivity index (χ4v) is 4.33. The highest BCUT2D eigenvalue weighted by atomic mass is 35.5. The topological polar surface area (TPSA) is 59.8 Å². The molecule has 0 aliphatic carbocycles. The number of fused-ring (bicyclic) bond motifs is 1. The molecule has 8 heteroatoms. The van der Waals surface area contributed by atoms with Gasteiger partial charge >= 0.3 is 0 Å². The van der Waals surface area contributed by atoms with Crippen molar-refractivity contribution in [1.82, 2.24) is 14.8 Å². The van der Waals surface area contributed by atoms with E-state index in [0.29, 0.717) is 23.1 Å². The molecule has 3 aromatic rings. The highest BCUT2D eigenvalue weighted by molar-refractivity contribution is 8.00. The Labute approximate surface area is 164 Å². The fraction of sp³-hybridized carbons (Fsp3) is 0.211. The summed E-state index contributed by atoms with van der Waals surface area (Å²) in [6.07, 6.45) is 1.48. The van der Waals surface area contributed by atoms with Crippen LogP contribution in [0.2, 0.25) is 5.02 Å². The zero-order chi connectivity index (χ0) is 19.0. The Bertz CT molecular complexity index is 1020. The minimum absolute atomic E-state index is 0.0270. The average molecular weight is 403 g/mol. The van der Waals surface area contributed by atoms with E-state index >= 15 is 0 Å². The average Bonchev–Trinajstić information content (AvgIpc) is 2.93. The maximum atomic E-state index is 13.5. The summed E-state index contributed by atoms with van der Waals surface area (Å²) in [5.41, 5.74) is 2.63. The molecule has 0 bridgehead atoms. The summed E-state index contributed by atoms with van der Waals surface area (Å²) in [4.78, 5) is 12.7. The molecule has 138 valence electrons. The number of amides is 1. The van der Waals surface area contributed by atoms with Crippen LogP contribution in [0.5, 0.6) is 0 Å². The number of nitrogens with zero attached hydrogens (tertiary/aromatic N) is 3. The normalized spacial score (nSPS) is 16.6. The van der Waals surface area contributed by atoms with Gasteiger partial charge in [0, 0.05) is 5.69 Å². The lowest BCUT2D eigenvalue weighted by molar-refractivity contribution is -0.115. The smallest absolute Gasteiger partial charge is 0.237 e. The number of carbonyl (C=O) groups is 1. The number of para-hydroxylation sites is 1. The first-order valence-electron chi connectivity index (χ1n) is 8.46. The summed E-state index contributed by atoms with van der Waals surface area (Å²) in [6.45, 7) is 1.80. The monoisotopic (exact) mass is 402 g/mol. The van der Waals surface area contributed by atoms with Crippen LogP contribution in [0.1, 0.15) is 17.8 Å². The molecule has 0 radical (unpaired) electrons. The molecule has 0 saturated heterocycles. The first kappa shape index (κ1) is 18.0. The van der Waals surface area contributed by atoms with E-state index in [2.05, 4.69) is 15.5 Å². The Morgan fingerprint density at radius 2 is 2.07 bits per heavy atom. The summed E-state index contributed by atoms with van der Waals surface area (Å²) < 4.78 is 15.3. The number of hydrogen-bond donors (Lipinski definition) is 1. The molecule has 1 aliphatic rings. The van der Waals surface area contributed by atoms with Gasteiger partial charge in [-0.1, -0.05) is 41.6 Å². The Morgan fingerprint density at radius 1 is 1.26 bits per heavy atom. The van der Waals surface area contributed by atoms with Gasteiger partial charge in [0.05, 0.1) is 16.0 Å². The molecule has 4 rings (SSSR count). The summed E-state index contributed by atoms with van der Waals surface area (Å²) >= 11 is 7.27. The second-order valence-electron chi connectivity index (χ2n) is 6.26. The molecule has 1 aliphatic heterocycles. The Kier molecular flexibility index (Phi) is 4.88. The summed E-state index contributed by atoms with van der Waals surface area (Å²) in [6, 6.07) is 12.3. The van der Waals surface area contributed by atoms with Crippen LogP contribution in [0.3, 0.4) is 0 Å². The van der Waals surface area contributed by atoms with Crippen molar-refractivity contribution in [3.05, 3.63) is 64.7 Å². The molecule has 5 nitrogen and oxygen atoms in total. The van der Waals surface area contributed by atoms with Crippen molar-refractivity contribution in [2.45, 2.75) is 30.2 Å². The van der Waals surface area contributed by atoms with Crippen molar-refractivity contribution in [3.63, 3.8) is 0 Å². The Hall–Kier alpha value is -2.38. The zero-order valence-corrected chi connectivity index (χ0v) is 16.0. The van der Waals surface area contributed by atoms with Crippen molar-refractivity contribution >= 4 is 35.0 Å². The molecule has 2 heterocycles. The molecule has 0 fully saturated rings. The number of aryl methyl sites for hydroxylation is 2. The third kappa shape index (κ3) is 3.57. The number of thioether (sulfide) groups is 1. The SMILES string of the molecule is Cc1nnc(S[C@H]2CCc3ccccc3NC2=O)n1-c1ccc(F)c(Cl)c1. The summed E-state index contributed by atoms with van der Waals surface area (Å²) in [5, 5.41) is 11.6. The summed E-state index contributed by atoms with van der Waals surface area (Å²) in [7, 11) is 0. The van der Waals surface area contributed by atoms with Crippen molar-refractivity contribution in [1.29, 1.82) is 0 Å². The standard InChI is InChI=1S/C19H16ClFN4OS/c1-11-23-24-19(25(11)13-7-8-15(21)14(20)10-13)27-17-9-6-12-4-2-3-5-16(12)22-18(17)26/h2-5,7-8,10,17H,6,9H2,1H3,(H,22,26)/t17-/m0/s1. The first-order chi connectivity index (χ1) is 13.0. The van der Waals surface area contributed by atoms with Gasteiger partial charge in [-0.2, -0.15) is 0 Å². The molecule has 1 amide bonds. The zero-order valence-electron chi connectivity index (χ0n) is 14.4. The van der Waals surface area contributed by atoms with E-state index in [9.17, 15) is 9.18 Å². The number of benzene rings is 2. The van der Waals surface area contributed by atoms with Crippen LogP contribution in [0.4, 0.5) is 10.1 Å². The van der Waals surface area contributed by atoms with Gasteiger partial charge in [-0.25, -0.2) is 4.39 Å². The van der Waals surface area contributed by atoms with Crippen LogP contribution in [0.25, 0.3) is 5.69 Å². The van der Waals surface area contributed by atoms with Crippen molar-refractivity contribution in [2.24, 2.45) is 0 Å². The van der Waals surface area contributed by atoms with Gasteiger partial charge in [0.25, 0.3) is 0 Å². The van der Waals surface area contributed by atoms with E-state index in [1.54, 1.807) is 17.6 Å². The third-order valence-electron chi connectivity index (χ3n) is 4.45. The van der Waals surface area contributed by atoms with Gasteiger partial charge in [0.15, 0.2) is 5.16 Å². The lowest BCUT2D eigenvalue weighted by atomic mass is 10.1. The number of carbonyl (C=O) groups excluding carboxylic acids is 1. The van der Waals surface area contributed by atoms with E-state index in [-0.39, 0.29) is 16.2 Å². The number of hydrogen-bond acceptors (Lipinski definition) is 4. The molecule has 1 aromatic heterocycles. The fourth-order valence-electron chi connectivity index (χ4n) is 3.07. The number of aromatic nitrogens is 3. The second-order valence-corrected chi connectivity index (χ2v) is 7.83. The lowest BCUT2D eigenvalue weighted by Crippen LogP contribution is -2.24. The van der Waals surface area contributed by atoms with Gasteiger partial charge in [0.2, 0.25) is 5.91 Å². The van der Waals surface area contributed by atoms with Crippen LogP contribution in [-0.2, 0) is 11.2 Å². The maximum absolute atomic E-state index is 13.5. The molecule has 27 heavy (non-hydrogen) atoms. The van der Waals surface area contributed by atoms with Gasteiger partial charge in [-0.15, -0.1) is 10.2 Å². The predicted molar refractivity (Wildman–Crippen MR) is 104 cm³/mol. The van der Waals surface area contributed by atoms with Crippen LogP contribution >= 0.6 is 23.4 Å². The minimum atomic E-state index is -0.485. The van der Waals surface area contributed by atoms with Crippen LogP contribution in [0.15, 0.2) is 47.6 Å². The molecule has 0 saturated carbocycles. The third-order valence-corrected chi connectivity index (χ3v) is 5.95. The second kappa shape index (κ2) is 7.32. The van der Waals surface area contributed by atoms with Crippen LogP contribution in [-0.4, -0.2) is 25.9 Å². The maximum Gasteiger partial charge on any atom is 0.237 e. The van der Waals surface area contributed by atoms with E-state index in [1.165, 1.54) is 23.9 Å². The molecule has 1 N–H and O–H groups in total. The van der Waals surface area contributed by atoms with E-state index in [1.807, 2.05) is 24.3 Å². The molecular formula is C19H16ClFN4OS. The van der Waals surface area contributed by atoms with E-state index in [4.69, 9.17) is 11.6 Å². The van der Waals surface area contributed by atoms with Gasteiger partial charge < -0.3 is 5.32 Å². The number of anilines is 1. The van der Waals surface area contributed by atoms with Crippen molar-refractivity contribution in [2.75, 3.05) is 5.32 Å². The Morgan fingerprint density at radius 3 is 2.89 bits per heavy atom. The first-order valence-corrected chi connectivity index (χ1v) is 9.71. The van der Waals surface area contributed by atoms with Crippen LogP contribution in [0, 0.1) is 12.7 Å². The minimum Gasteiger partial charge on any atom is -0.325 e. The highest BCUT2D eigenvalue weighted by Crippen LogP contribution is 2.32. The predicted octanol–water partition coefficient (Wildman–Crippen LogP) is 4.41. The van der Waals surface area contributed by atoms with Crippen molar-refractivity contribution < 1.29 is 9.18 Å². The van der Waals surface area contributed by atoms with Crippen molar-refractivity contribution in [3.8, 4) is 5.69 Å². The molecule has 2 aromatic carbocycles. The molecule has 0 unspecified atom stereocenters. The van der Waals surface area contributed by atoms with Gasteiger partial charge in [-0.05, 0) is 49.6 Å². The van der Waals surface area contributed by atoms with Crippen LogP contribution < -0.4 is 5.32 Å². The largest absolute Gasteiger partial charge is 0.325 e. The Balaban J connectivity index is 1.62. The molecule has 1 atom stereocenters. The van der Waals surface area contributed by atoms with Gasteiger partial charge in [0.1, 0.15) is 11.6 Å². The molecule has 0 spiro atoms. The number of nitrogens with one attached hydrogen (secondary N) is 1. The summed E-state index contributed by atoms with van der Waals surface area (Å²) in [5.74, 6) is 0.0908. The number of rotatable bonds is 3. The molecular weight excluding hydrogens is 387 g/mol. The van der Waals surface area contributed by atoms with E-state index < -0.39 is 5.82 Å². The highest BCUT2D eigenvalue weighted by Gasteiger charge is 2.27. The lowest BCUT2D eigenvalue weighted by Gasteiger charge is -2.14. The quantitative estimate of drug-likeness (QED) is 0.704. The van der Waals surface area contributed by atoms with Gasteiger partial charge in [-0.3, -0.25) is 9.36 Å². The number of halogens is 2. The van der Waals surface area contributed by atoms with E-state index in [0.717, 1.165) is 17.7 Å².